The molecule has 118 valence electrons. The summed E-state index contributed by atoms with van der Waals surface area (Å²) in [5.41, 5.74) is 0.815. The van der Waals surface area contributed by atoms with E-state index in [0.717, 1.165) is 24.9 Å². The molecule has 1 fully saturated rings. The summed E-state index contributed by atoms with van der Waals surface area (Å²) in [6, 6.07) is 7.52. The van der Waals surface area contributed by atoms with Crippen LogP contribution in [0.25, 0.3) is 0 Å². The van der Waals surface area contributed by atoms with E-state index < -0.39 is 10.0 Å². The van der Waals surface area contributed by atoms with E-state index in [1.807, 2.05) is 26.0 Å². The van der Waals surface area contributed by atoms with E-state index in [1.54, 1.807) is 16.4 Å². The highest BCUT2D eigenvalue weighted by Crippen LogP contribution is 2.21. The topological polar surface area (TPSA) is 49.4 Å². The van der Waals surface area contributed by atoms with Crippen molar-refractivity contribution < 1.29 is 8.42 Å². The SMILES string of the molecule is CCCN(CC1CCCCN1)S(=O)(=O)c1ccccc1C. The van der Waals surface area contributed by atoms with Gasteiger partial charge in [-0.3, -0.25) is 0 Å². The van der Waals surface area contributed by atoms with Crippen LogP contribution in [0.1, 0.15) is 38.2 Å². The first kappa shape index (κ1) is 16.5. The lowest BCUT2D eigenvalue weighted by atomic mass is 10.1. The van der Waals surface area contributed by atoms with Gasteiger partial charge in [-0.05, 0) is 44.4 Å². The molecule has 1 aromatic carbocycles. The van der Waals surface area contributed by atoms with Gasteiger partial charge in [-0.1, -0.05) is 31.5 Å². The summed E-state index contributed by atoms with van der Waals surface area (Å²) in [6.45, 7) is 6.03. The van der Waals surface area contributed by atoms with E-state index >= 15 is 0 Å². The van der Waals surface area contributed by atoms with Crippen LogP contribution in [0.2, 0.25) is 0 Å². The normalized spacial score (nSPS) is 19.9. The first-order valence-corrected chi connectivity index (χ1v) is 9.29. The minimum absolute atomic E-state index is 0.282. The van der Waals surface area contributed by atoms with Crippen molar-refractivity contribution in [3.05, 3.63) is 29.8 Å². The molecule has 0 bridgehead atoms. The van der Waals surface area contributed by atoms with Gasteiger partial charge >= 0.3 is 0 Å². The molecule has 1 aliphatic heterocycles. The largest absolute Gasteiger partial charge is 0.313 e. The molecule has 1 N–H and O–H groups in total. The van der Waals surface area contributed by atoms with Crippen LogP contribution in [-0.4, -0.2) is 38.4 Å². The van der Waals surface area contributed by atoms with Gasteiger partial charge < -0.3 is 5.32 Å². The molecule has 0 radical (unpaired) electrons. The van der Waals surface area contributed by atoms with Crippen molar-refractivity contribution in [2.24, 2.45) is 0 Å². The lowest BCUT2D eigenvalue weighted by Gasteiger charge is -2.30. The third kappa shape index (κ3) is 4.05. The molecule has 1 aromatic rings. The maximum absolute atomic E-state index is 12.9. The molecule has 2 rings (SSSR count). The second-order valence-corrected chi connectivity index (χ2v) is 7.68. The average Bonchev–Trinajstić information content (AvgIpc) is 2.48. The second-order valence-electron chi connectivity index (χ2n) is 5.78. The number of hydrogen-bond acceptors (Lipinski definition) is 3. The molecule has 0 spiro atoms. The van der Waals surface area contributed by atoms with E-state index in [1.165, 1.54) is 12.8 Å². The van der Waals surface area contributed by atoms with Gasteiger partial charge in [-0.25, -0.2) is 8.42 Å². The summed E-state index contributed by atoms with van der Waals surface area (Å²) < 4.78 is 27.5. The molecular weight excluding hydrogens is 284 g/mol. The maximum atomic E-state index is 12.9. The van der Waals surface area contributed by atoms with Crippen LogP contribution in [-0.2, 0) is 10.0 Å². The summed E-state index contributed by atoms with van der Waals surface area (Å²) in [4.78, 5) is 0.439. The van der Waals surface area contributed by atoms with Crippen LogP contribution < -0.4 is 5.32 Å². The predicted octanol–water partition coefficient (Wildman–Crippen LogP) is 2.54. The quantitative estimate of drug-likeness (QED) is 0.878. The Morgan fingerprint density at radius 3 is 2.67 bits per heavy atom. The summed E-state index contributed by atoms with van der Waals surface area (Å²) in [5, 5.41) is 3.44. The number of rotatable bonds is 6. The number of hydrogen-bond donors (Lipinski definition) is 1. The molecule has 0 aromatic heterocycles. The van der Waals surface area contributed by atoms with Crippen LogP contribution in [0.5, 0.6) is 0 Å². The van der Waals surface area contributed by atoms with Gasteiger partial charge in [0.1, 0.15) is 0 Å². The van der Waals surface area contributed by atoms with Crippen molar-refractivity contribution in [1.82, 2.24) is 9.62 Å². The molecule has 5 heteroatoms. The Morgan fingerprint density at radius 2 is 2.05 bits per heavy atom. The fourth-order valence-corrected chi connectivity index (χ4v) is 4.67. The van der Waals surface area contributed by atoms with Crippen molar-refractivity contribution in [3.8, 4) is 0 Å². The van der Waals surface area contributed by atoms with Crippen LogP contribution in [0.4, 0.5) is 0 Å². The molecule has 0 amide bonds. The summed E-state index contributed by atoms with van der Waals surface area (Å²) in [7, 11) is -3.40. The summed E-state index contributed by atoms with van der Waals surface area (Å²) in [6.07, 6.45) is 4.26. The molecule has 0 aliphatic carbocycles. The van der Waals surface area contributed by atoms with Crippen LogP contribution >= 0.6 is 0 Å². The van der Waals surface area contributed by atoms with E-state index in [4.69, 9.17) is 0 Å². The van der Waals surface area contributed by atoms with Gasteiger partial charge in [0.05, 0.1) is 4.90 Å². The maximum Gasteiger partial charge on any atom is 0.243 e. The van der Waals surface area contributed by atoms with Crippen LogP contribution in [0, 0.1) is 6.92 Å². The molecular formula is C16H26N2O2S. The van der Waals surface area contributed by atoms with Gasteiger partial charge in [-0.15, -0.1) is 0 Å². The highest BCUT2D eigenvalue weighted by Gasteiger charge is 2.28. The van der Waals surface area contributed by atoms with Crippen molar-refractivity contribution in [3.63, 3.8) is 0 Å². The molecule has 1 heterocycles. The highest BCUT2D eigenvalue weighted by molar-refractivity contribution is 7.89. The standard InChI is InChI=1S/C16H26N2O2S/c1-3-12-18(13-15-9-6-7-11-17-15)21(19,20)16-10-5-4-8-14(16)2/h4-5,8,10,15,17H,3,6-7,9,11-13H2,1-2H3. The Balaban J connectivity index is 2.21. The third-order valence-electron chi connectivity index (χ3n) is 4.02. The molecule has 1 unspecified atom stereocenters. The number of piperidine rings is 1. The first-order valence-electron chi connectivity index (χ1n) is 7.85. The van der Waals surface area contributed by atoms with Crippen LogP contribution in [0.3, 0.4) is 0 Å². The van der Waals surface area contributed by atoms with E-state index in [0.29, 0.717) is 18.0 Å². The first-order chi connectivity index (χ1) is 10.1. The molecule has 1 saturated heterocycles. The molecule has 1 aliphatic rings. The lowest BCUT2D eigenvalue weighted by Crippen LogP contribution is -2.46. The number of nitrogens with zero attached hydrogens (tertiary/aromatic N) is 1. The van der Waals surface area contributed by atoms with Gasteiger partial charge in [0.15, 0.2) is 0 Å². The smallest absolute Gasteiger partial charge is 0.243 e. The monoisotopic (exact) mass is 310 g/mol. The Hall–Kier alpha value is -0.910. The molecule has 4 nitrogen and oxygen atoms in total. The predicted molar refractivity (Wildman–Crippen MR) is 85.9 cm³/mol. The second kappa shape index (κ2) is 7.38. The number of aryl methyl sites for hydroxylation is 1. The third-order valence-corrected chi connectivity index (χ3v) is 6.05. The minimum Gasteiger partial charge on any atom is -0.313 e. The number of nitrogens with one attached hydrogen (secondary N) is 1. The lowest BCUT2D eigenvalue weighted by molar-refractivity contribution is 0.312. The van der Waals surface area contributed by atoms with Crippen molar-refractivity contribution in [2.75, 3.05) is 19.6 Å². The van der Waals surface area contributed by atoms with Gasteiger partial charge in [0.2, 0.25) is 10.0 Å². The fourth-order valence-electron chi connectivity index (χ4n) is 2.87. The van der Waals surface area contributed by atoms with E-state index in [9.17, 15) is 8.42 Å². The Labute approximate surface area is 128 Å². The van der Waals surface area contributed by atoms with E-state index in [-0.39, 0.29) is 6.04 Å². The van der Waals surface area contributed by atoms with Gasteiger partial charge in [0, 0.05) is 19.1 Å². The molecule has 21 heavy (non-hydrogen) atoms. The zero-order chi connectivity index (χ0) is 15.3. The van der Waals surface area contributed by atoms with Gasteiger partial charge in [-0.2, -0.15) is 4.31 Å². The summed E-state index contributed by atoms with van der Waals surface area (Å²) >= 11 is 0. The van der Waals surface area contributed by atoms with E-state index in [2.05, 4.69) is 5.32 Å². The van der Waals surface area contributed by atoms with Crippen molar-refractivity contribution in [2.45, 2.75) is 50.5 Å². The minimum atomic E-state index is -3.40. The average molecular weight is 310 g/mol. The summed E-state index contributed by atoms with van der Waals surface area (Å²) in [5.74, 6) is 0. The Kier molecular flexibility index (Phi) is 5.79. The number of sulfonamides is 1. The zero-order valence-electron chi connectivity index (χ0n) is 13.0. The Bertz CT molecular complexity index is 551. The number of benzene rings is 1. The van der Waals surface area contributed by atoms with Crippen LogP contribution in [0.15, 0.2) is 29.2 Å². The molecule has 1 atom stereocenters. The zero-order valence-corrected chi connectivity index (χ0v) is 13.8. The van der Waals surface area contributed by atoms with Gasteiger partial charge in [0.25, 0.3) is 0 Å². The highest BCUT2D eigenvalue weighted by atomic mass is 32.2. The Morgan fingerprint density at radius 1 is 1.29 bits per heavy atom. The molecule has 0 saturated carbocycles. The van der Waals surface area contributed by atoms with Crippen molar-refractivity contribution >= 4 is 10.0 Å². The van der Waals surface area contributed by atoms with Crippen molar-refractivity contribution in [1.29, 1.82) is 0 Å². The fraction of sp³-hybridized carbons (Fsp3) is 0.625.